The van der Waals surface area contributed by atoms with Gasteiger partial charge in [0.1, 0.15) is 5.69 Å². The van der Waals surface area contributed by atoms with E-state index in [1.165, 1.54) is 23.3 Å². The molecule has 6 rings (SSSR count). The zero-order chi connectivity index (χ0) is 29.3. The summed E-state index contributed by atoms with van der Waals surface area (Å²) in [6.45, 7) is 8.13. The molecule has 1 N–H and O–H groups in total. The number of aryl methyl sites for hydroxylation is 1. The predicted molar refractivity (Wildman–Crippen MR) is 157 cm³/mol. The van der Waals surface area contributed by atoms with Crippen molar-refractivity contribution in [3.05, 3.63) is 101 Å². The zero-order valence-electron chi connectivity index (χ0n) is 23.8. The number of nitrogens with zero attached hydrogens (tertiary/aromatic N) is 4. The lowest BCUT2D eigenvalue weighted by molar-refractivity contribution is -0.137. The number of benzene rings is 2. The van der Waals surface area contributed by atoms with Gasteiger partial charge in [-0.15, -0.1) is 0 Å². The van der Waals surface area contributed by atoms with Crippen LogP contribution in [-0.4, -0.2) is 69.8 Å². The second kappa shape index (κ2) is 11.9. The zero-order valence-corrected chi connectivity index (χ0v) is 23.8. The van der Waals surface area contributed by atoms with Crippen LogP contribution in [0.3, 0.4) is 0 Å². The van der Waals surface area contributed by atoms with E-state index in [1.807, 2.05) is 24.1 Å². The van der Waals surface area contributed by atoms with Crippen molar-refractivity contribution < 1.29 is 18.0 Å². The van der Waals surface area contributed by atoms with E-state index in [0.717, 1.165) is 66.8 Å². The van der Waals surface area contributed by atoms with E-state index in [9.17, 15) is 18.0 Å². The number of hydrogen-bond acceptors (Lipinski definition) is 4. The van der Waals surface area contributed by atoms with Crippen LogP contribution in [0.15, 0.2) is 66.9 Å². The Morgan fingerprint density at radius 2 is 1.52 bits per heavy atom. The number of pyridine rings is 1. The van der Waals surface area contributed by atoms with Gasteiger partial charge in [-0.2, -0.15) is 13.2 Å². The van der Waals surface area contributed by atoms with Crippen molar-refractivity contribution in [2.45, 2.75) is 44.9 Å². The highest BCUT2D eigenvalue weighted by Crippen LogP contribution is 2.32. The Labute approximate surface area is 244 Å². The van der Waals surface area contributed by atoms with Gasteiger partial charge in [-0.25, -0.2) is 0 Å². The SMILES string of the molecule is Cc1ccc(CN2CCC(c3ccc4[nH]c(C(=O)N5CCN(Cc6ccc(C(F)(F)F)cc6)CC5)cc4c3)CC2)cn1. The second-order valence-corrected chi connectivity index (χ2v) is 11.7. The average molecular weight is 576 g/mol. The van der Waals surface area contributed by atoms with Crippen LogP contribution >= 0.6 is 0 Å². The van der Waals surface area contributed by atoms with Crippen LogP contribution in [0, 0.1) is 6.92 Å². The van der Waals surface area contributed by atoms with Gasteiger partial charge in [0.25, 0.3) is 5.91 Å². The van der Waals surface area contributed by atoms with Crippen molar-refractivity contribution in [1.82, 2.24) is 24.7 Å². The van der Waals surface area contributed by atoms with Gasteiger partial charge in [0.2, 0.25) is 0 Å². The molecule has 2 saturated heterocycles. The van der Waals surface area contributed by atoms with Gasteiger partial charge in [0.05, 0.1) is 5.56 Å². The molecule has 4 aromatic rings. The van der Waals surface area contributed by atoms with Crippen LogP contribution in [0.25, 0.3) is 10.9 Å². The van der Waals surface area contributed by atoms with E-state index in [2.05, 4.69) is 50.1 Å². The van der Waals surface area contributed by atoms with Crippen molar-refractivity contribution in [2.24, 2.45) is 0 Å². The first-order valence-electron chi connectivity index (χ1n) is 14.7. The Morgan fingerprint density at radius 3 is 2.19 bits per heavy atom. The molecule has 42 heavy (non-hydrogen) atoms. The molecule has 0 spiro atoms. The van der Waals surface area contributed by atoms with E-state index < -0.39 is 11.7 Å². The highest BCUT2D eigenvalue weighted by Gasteiger charge is 2.30. The Morgan fingerprint density at radius 1 is 0.857 bits per heavy atom. The highest BCUT2D eigenvalue weighted by atomic mass is 19.4. The van der Waals surface area contributed by atoms with Crippen LogP contribution in [0.2, 0.25) is 0 Å². The van der Waals surface area contributed by atoms with E-state index in [0.29, 0.717) is 44.3 Å². The maximum atomic E-state index is 13.3. The first-order valence-corrected chi connectivity index (χ1v) is 14.7. The Hall–Kier alpha value is -3.69. The molecule has 2 aromatic heterocycles. The van der Waals surface area contributed by atoms with E-state index in [-0.39, 0.29) is 5.91 Å². The fraction of sp³-hybridized carbons (Fsp3) is 0.394. The largest absolute Gasteiger partial charge is 0.416 e. The first kappa shape index (κ1) is 28.4. The lowest BCUT2D eigenvalue weighted by atomic mass is 9.89. The van der Waals surface area contributed by atoms with Gasteiger partial charge in [-0.05, 0) is 91.9 Å². The van der Waals surface area contributed by atoms with Gasteiger partial charge >= 0.3 is 6.18 Å². The molecule has 6 nitrogen and oxygen atoms in total. The number of H-pyrrole nitrogens is 1. The molecule has 9 heteroatoms. The third-order valence-electron chi connectivity index (χ3n) is 8.66. The van der Waals surface area contributed by atoms with Crippen molar-refractivity contribution in [1.29, 1.82) is 0 Å². The molecule has 2 aliphatic rings. The van der Waals surface area contributed by atoms with E-state index >= 15 is 0 Å². The number of piperidine rings is 1. The topological polar surface area (TPSA) is 55.5 Å². The van der Waals surface area contributed by atoms with Crippen molar-refractivity contribution in [3.8, 4) is 0 Å². The summed E-state index contributed by atoms with van der Waals surface area (Å²) in [5.74, 6) is 0.495. The Balaban J connectivity index is 1.02. The summed E-state index contributed by atoms with van der Waals surface area (Å²) < 4.78 is 38.5. The Bertz CT molecular complexity index is 1510. The van der Waals surface area contributed by atoms with Crippen LogP contribution in [0.4, 0.5) is 13.2 Å². The van der Waals surface area contributed by atoms with Crippen molar-refractivity contribution >= 4 is 16.8 Å². The Kier molecular flexibility index (Phi) is 8.05. The molecule has 2 fully saturated rings. The lowest BCUT2D eigenvalue weighted by Gasteiger charge is -2.34. The molecule has 0 saturated carbocycles. The second-order valence-electron chi connectivity index (χ2n) is 11.7. The van der Waals surface area contributed by atoms with E-state index in [4.69, 9.17) is 0 Å². The number of amides is 1. The summed E-state index contributed by atoms with van der Waals surface area (Å²) in [6, 6.07) is 18.0. The minimum absolute atomic E-state index is 0.0131. The monoisotopic (exact) mass is 575 g/mol. The third-order valence-corrected chi connectivity index (χ3v) is 8.66. The molecular weight excluding hydrogens is 539 g/mol. The summed E-state index contributed by atoms with van der Waals surface area (Å²) in [5.41, 5.74) is 5.39. The number of aromatic amines is 1. The molecule has 1 amide bonds. The smallest absolute Gasteiger partial charge is 0.351 e. The maximum absolute atomic E-state index is 13.3. The van der Waals surface area contributed by atoms with Crippen molar-refractivity contribution in [3.63, 3.8) is 0 Å². The van der Waals surface area contributed by atoms with Crippen LogP contribution in [0.1, 0.15) is 57.2 Å². The summed E-state index contributed by atoms with van der Waals surface area (Å²) in [6.07, 6.45) is -0.133. The molecular formula is C33H36F3N5O. The van der Waals surface area contributed by atoms with Crippen molar-refractivity contribution in [2.75, 3.05) is 39.3 Å². The van der Waals surface area contributed by atoms with Crippen LogP contribution in [0.5, 0.6) is 0 Å². The average Bonchev–Trinajstić information content (AvgIpc) is 3.42. The van der Waals surface area contributed by atoms with Gasteiger partial charge in [-0.1, -0.05) is 24.3 Å². The number of nitrogens with one attached hydrogen (secondary N) is 1. The minimum Gasteiger partial charge on any atom is -0.351 e. The maximum Gasteiger partial charge on any atom is 0.416 e. The number of aromatic nitrogens is 2. The minimum atomic E-state index is -4.33. The first-order chi connectivity index (χ1) is 20.2. The third kappa shape index (κ3) is 6.52. The normalized spacial score (nSPS) is 17.7. The van der Waals surface area contributed by atoms with Gasteiger partial charge < -0.3 is 9.88 Å². The summed E-state index contributed by atoms with van der Waals surface area (Å²) >= 11 is 0. The van der Waals surface area contributed by atoms with Gasteiger partial charge in [0.15, 0.2) is 0 Å². The molecule has 0 radical (unpaired) electrons. The number of carbonyl (C=O) groups is 1. The molecule has 2 aromatic carbocycles. The molecule has 2 aliphatic heterocycles. The van der Waals surface area contributed by atoms with Gasteiger partial charge in [-0.3, -0.25) is 19.6 Å². The molecule has 4 heterocycles. The molecule has 0 unspecified atom stereocenters. The quantitative estimate of drug-likeness (QED) is 0.296. The summed E-state index contributed by atoms with van der Waals surface area (Å²) in [7, 11) is 0. The number of rotatable bonds is 6. The highest BCUT2D eigenvalue weighted by molar-refractivity contribution is 5.98. The fourth-order valence-corrected chi connectivity index (χ4v) is 6.13. The van der Waals surface area contributed by atoms with E-state index in [1.54, 1.807) is 0 Å². The lowest BCUT2D eigenvalue weighted by Crippen LogP contribution is -2.48. The summed E-state index contributed by atoms with van der Waals surface area (Å²) in [4.78, 5) is 27.6. The number of fused-ring (bicyclic) bond motifs is 1. The number of carbonyl (C=O) groups excluding carboxylic acids is 1. The number of likely N-dealkylation sites (tertiary alicyclic amines) is 1. The predicted octanol–water partition coefficient (Wildman–Crippen LogP) is 6.23. The fourth-order valence-electron chi connectivity index (χ4n) is 6.13. The number of hydrogen-bond donors (Lipinski definition) is 1. The van der Waals surface area contributed by atoms with Crippen LogP contribution in [-0.2, 0) is 19.3 Å². The van der Waals surface area contributed by atoms with Gasteiger partial charge in [0, 0.05) is 62.1 Å². The number of halogens is 3. The molecule has 0 bridgehead atoms. The number of alkyl halides is 3. The van der Waals surface area contributed by atoms with Crippen LogP contribution < -0.4 is 0 Å². The standard InChI is InChI=1S/C33H36F3N5O/c1-23-2-3-25(20-37-23)22-39-12-10-26(11-13-39)27-6-9-30-28(18-27)19-31(38-30)32(42)41-16-14-40(15-17-41)21-24-4-7-29(8-5-24)33(34,35)36/h2-9,18-20,26,38H,10-17,21-22H2,1H3. The summed E-state index contributed by atoms with van der Waals surface area (Å²) in [5, 5.41) is 1.06. The molecule has 220 valence electrons. The molecule has 0 aliphatic carbocycles. The molecule has 0 atom stereocenters. The number of piperazine rings is 1.